The van der Waals surface area contributed by atoms with Crippen molar-refractivity contribution in [2.45, 2.75) is 6.42 Å². The molecular weight excluding hydrogens is 300 g/mol. The van der Waals surface area contributed by atoms with E-state index in [2.05, 4.69) is 0 Å². The first-order valence-corrected chi connectivity index (χ1v) is 6.42. The van der Waals surface area contributed by atoms with Gasteiger partial charge in [-0.2, -0.15) is 0 Å². The topological polar surface area (TPSA) is 110 Å². The number of benzene rings is 1. The molecule has 8 heteroatoms. The summed E-state index contributed by atoms with van der Waals surface area (Å²) in [5.41, 5.74) is 4.97. The van der Waals surface area contributed by atoms with Gasteiger partial charge in [0.2, 0.25) is 11.8 Å². The van der Waals surface area contributed by atoms with Gasteiger partial charge in [-0.05, 0) is 18.2 Å². The number of carbonyl (C=O) groups is 3. The van der Waals surface area contributed by atoms with Crippen LogP contribution in [0.15, 0.2) is 24.3 Å². The molecule has 3 N–H and O–H groups in total. The first-order valence-electron chi connectivity index (χ1n) is 6.04. The maximum Gasteiger partial charge on any atom is 0.323 e. The fraction of sp³-hybridized carbons (Fsp3) is 0.308. The summed E-state index contributed by atoms with van der Waals surface area (Å²) in [6.45, 7) is -0.991. The molecular formula is C13H15ClN2O5. The number of halogens is 1. The summed E-state index contributed by atoms with van der Waals surface area (Å²) in [6.07, 6.45) is -0.0763. The first-order chi connectivity index (χ1) is 9.88. The lowest BCUT2D eigenvalue weighted by Crippen LogP contribution is -2.41. The third-order valence-corrected chi connectivity index (χ3v) is 2.64. The molecule has 0 aliphatic rings. The molecule has 0 aromatic heterocycles. The van der Waals surface area contributed by atoms with Gasteiger partial charge in [0, 0.05) is 5.02 Å². The van der Waals surface area contributed by atoms with E-state index in [4.69, 9.17) is 27.2 Å². The van der Waals surface area contributed by atoms with Gasteiger partial charge in [0.25, 0.3) is 0 Å². The minimum absolute atomic E-state index is 0.0358. The first kappa shape index (κ1) is 16.8. The molecule has 0 saturated carbocycles. The lowest BCUT2D eigenvalue weighted by atomic mass is 10.3. The third-order valence-electron chi connectivity index (χ3n) is 2.41. The highest BCUT2D eigenvalue weighted by Gasteiger charge is 2.18. The average molecular weight is 315 g/mol. The van der Waals surface area contributed by atoms with E-state index in [1.54, 1.807) is 24.3 Å². The van der Waals surface area contributed by atoms with Crippen molar-refractivity contribution in [1.29, 1.82) is 0 Å². The zero-order chi connectivity index (χ0) is 15.8. The molecule has 1 rings (SSSR count). The highest BCUT2D eigenvalue weighted by molar-refractivity contribution is 6.30. The molecule has 0 unspecified atom stereocenters. The average Bonchev–Trinajstić information content (AvgIpc) is 2.36. The van der Waals surface area contributed by atoms with Gasteiger partial charge >= 0.3 is 5.97 Å². The smallest absolute Gasteiger partial charge is 0.323 e. The molecule has 0 heterocycles. The Balaban J connectivity index is 2.49. The summed E-state index contributed by atoms with van der Waals surface area (Å²) < 4.78 is 5.32. The minimum Gasteiger partial charge on any atom is -0.493 e. The maximum absolute atomic E-state index is 11.8. The number of aliphatic carboxylic acids is 1. The van der Waals surface area contributed by atoms with Crippen molar-refractivity contribution in [3.8, 4) is 5.75 Å². The number of hydrogen-bond acceptors (Lipinski definition) is 4. The molecule has 0 aliphatic heterocycles. The van der Waals surface area contributed by atoms with Gasteiger partial charge in [0.1, 0.15) is 12.3 Å². The highest BCUT2D eigenvalue weighted by Crippen LogP contribution is 2.17. The lowest BCUT2D eigenvalue weighted by molar-refractivity contribution is -0.145. The third kappa shape index (κ3) is 6.62. The SMILES string of the molecule is NC(=O)CN(CC(=O)O)C(=O)CCOc1cccc(Cl)c1. The lowest BCUT2D eigenvalue weighted by Gasteiger charge is -2.19. The molecule has 0 spiro atoms. The molecule has 0 aliphatic carbocycles. The van der Waals surface area contributed by atoms with Crippen LogP contribution >= 0.6 is 11.6 Å². The van der Waals surface area contributed by atoms with Crippen LogP contribution in [0.4, 0.5) is 0 Å². The molecule has 1 aromatic carbocycles. The van der Waals surface area contributed by atoms with Crippen LogP contribution in [0.1, 0.15) is 6.42 Å². The van der Waals surface area contributed by atoms with E-state index in [0.29, 0.717) is 10.8 Å². The number of ether oxygens (including phenoxy) is 1. The van der Waals surface area contributed by atoms with Gasteiger partial charge < -0.3 is 20.5 Å². The number of primary amides is 1. The van der Waals surface area contributed by atoms with E-state index in [-0.39, 0.29) is 13.0 Å². The van der Waals surface area contributed by atoms with Crippen molar-refractivity contribution >= 4 is 29.4 Å². The molecule has 0 radical (unpaired) electrons. The predicted octanol–water partition coefficient (Wildman–Crippen LogP) is 0.507. The second kappa shape index (κ2) is 8.11. The van der Waals surface area contributed by atoms with Crippen LogP contribution in [0.5, 0.6) is 5.75 Å². The van der Waals surface area contributed by atoms with Crippen molar-refractivity contribution < 1.29 is 24.2 Å². The second-order valence-electron chi connectivity index (χ2n) is 4.17. The Labute approximate surface area is 126 Å². The van der Waals surface area contributed by atoms with Gasteiger partial charge in [-0.3, -0.25) is 14.4 Å². The van der Waals surface area contributed by atoms with Crippen LogP contribution in [0.2, 0.25) is 5.02 Å². The molecule has 21 heavy (non-hydrogen) atoms. The number of carboxylic acid groups (broad SMARTS) is 1. The van der Waals surface area contributed by atoms with Crippen LogP contribution in [0, 0.1) is 0 Å². The Morgan fingerprint density at radius 2 is 2.00 bits per heavy atom. The van der Waals surface area contributed by atoms with E-state index >= 15 is 0 Å². The summed E-state index contributed by atoms with van der Waals surface area (Å²) in [4.78, 5) is 34.1. The van der Waals surface area contributed by atoms with Gasteiger partial charge in [0.05, 0.1) is 19.6 Å². The molecule has 0 atom stereocenters. The zero-order valence-electron chi connectivity index (χ0n) is 11.1. The van der Waals surface area contributed by atoms with E-state index < -0.39 is 30.9 Å². The van der Waals surface area contributed by atoms with Crippen LogP contribution < -0.4 is 10.5 Å². The fourth-order valence-electron chi connectivity index (χ4n) is 1.55. The molecule has 7 nitrogen and oxygen atoms in total. The normalized spacial score (nSPS) is 9.95. The van der Waals surface area contributed by atoms with E-state index in [0.717, 1.165) is 4.90 Å². The summed E-state index contributed by atoms with van der Waals surface area (Å²) in [6, 6.07) is 6.64. The highest BCUT2D eigenvalue weighted by atomic mass is 35.5. The standard InChI is InChI=1S/C13H15ClN2O5/c14-9-2-1-3-10(6-9)21-5-4-12(18)16(7-11(15)17)8-13(19)20/h1-3,6H,4-5,7-8H2,(H2,15,17)(H,19,20). The number of hydrogen-bond donors (Lipinski definition) is 2. The van der Waals surface area contributed by atoms with Crippen LogP contribution in [-0.4, -0.2) is 47.5 Å². The summed E-state index contributed by atoms with van der Waals surface area (Å²) in [5, 5.41) is 9.19. The minimum atomic E-state index is -1.22. The second-order valence-corrected chi connectivity index (χ2v) is 4.60. The molecule has 2 amide bonds. The quantitative estimate of drug-likeness (QED) is 0.726. The number of nitrogens with zero attached hydrogens (tertiary/aromatic N) is 1. The Hall–Kier alpha value is -2.28. The number of carbonyl (C=O) groups excluding carboxylic acids is 2. The van der Waals surface area contributed by atoms with Crippen LogP contribution in [0.25, 0.3) is 0 Å². The van der Waals surface area contributed by atoms with Gasteiger partial charge in [-0.25, -0.2) is 0 Å². The molecule has 0 fully saturated rings. The van der Waals surface area contributed by atoms with Gasteiger partial charge in [0.15, 0.2) is 0 Å². The molecule has 114 valence electrons. The maximum atomic E-state index is 11.8. The fourth-order valence-corrected chi connectivity index (χ4v) is 1.74. The predicted molar refractivity (Wildman–Crippen MR) is 75.0 cm³/mol. The van der Waals surface area contributed by atoms with Crippen molar-refractivity contribution in [1.82, 2.24) is 4.90 Å². The van der Waals surface area contributed by atoms with E-state index in [1.807, 2.05) is 0 Å². The summed E-state index contributed by atoms with van der Waals surface area (Å²) in [7, 11) is 0. The summed E-state index contributed by atoms with van der Waals surface area (Å²) in [5.74, 6) is -2.03. The van der Waals surface area contributed by atoms with Crippen LogP contribution in [0.3, 0.4) is 0 Å². The Morgan fingerprint density at radius 3 is 2.57 bits per heavy atom. The van der Waals surface area contributed by atoms with E-state index in [1.165, 1.54) is 0 Å². The Bertz CT molecular complexity index is 519. The molecule has 0 saturated heterocycles. The van der Waals surface area contributed by atoms with Crippen molar-refractivity contribution in [3.05, 3.63) is 29.3 Å². The number of rotatable bonds is 8. The van der Waals surface area contributed by atoms with Crippen molar-refractivity contribution in [3.63, 3.8) is 0 Å². The summed E-state index contributed by atoms with van der Waals surface area (Å²) >= 11 is 5.78. The van der Waals surface area contributed by atoms with Gasteiger partial charge in [-0.15, -0.1) is 0 Å². The Kier molecular flexibility index (Phi) is 6.48. The Morgan fingerprint density at radius 1 is 1.29 bits per heavy atom. The molecule has 1 aromatic rings. The van der Waals surface area contributed by atoms with Gasteiger partial charge in [-0.1, -0.05) is 17.7 Å². The molecule has 0 bridgehead atoms. The number of carboxylic acids is 1. The van der Waals surface area contributed by atoms with Crippen molar-refractivity contribution in [2.24, 2.45) is 5.73 Å². The zero-order valence-corrected chi connectivity index (χ0v) is 11.9. The monoisotopic (exact) mass is 314 g/mol. The van der Waals surface area contributed by atoms with Crippen molar-refractivity contribution in [2.75, 3.05) is 19.7 Å². The number of amides is 2. The van der Waals surface area contributed by atoms with E-state index in [9.17, 15) is 14.4 Å². The number of nitrogens with two attached hydrogens (primary N) is 1. The largest absolute Gasteiger partial charge is 0.493 e. The van der Waals surface area contributed by atoms with Crippen LogP contribution in [-0.2, 0) is 14.4 Å².